The van der Waals surface area contributed by atoms with Crippen LogP contribution in [-0.2, 0) is 14.3 Å². The summed E-state index contributed by atoms with van der Waals surface area (Å²) in [6.07, 6.45) is 0.403. The van der Waals surface area contributed by atoms with E-state index in [9.17, 15) is 9.59 Å². The van der Waals surface area contributed by atoms with Crippen LogP contribution >= 0.6 is 0 Å². The molecule has 1 atom stereocenters. The second-order valence-electron chi connectivity index (χ2n) is 5.72. The number of hydrogen-bond donors (Lipinski definition) is 2. The molecule has 5 heteroatoms. The van der Waals surface area contributed by atoms with Gasteiger partial charge in [-0.15, -0.1) is 0 Å². The van der Waals surface area contributed by atoms with Crippen molar-refractivity contribution in [2.45, 2.75) is 39.0 Å². The standard InChI is InChI=1S/C17H25NO4/c1-12(2)14-4-6-15(7-5-14)13(3)10-16(19)18-8-9-22-11-17(20)21/h4-7,12-13H,8-11H2,1-3H3,(H,18,19)(H,20,21). The number of rotatable bonds is 9. The Labute approximate surface area is 131 Å². The van der Waals surface area contributed by atoms with E-state index in [1.54, 1.807) is 0 Å². The van der Waals surface area contributed by atoms with E-state index in [0.717, 1.165) is 5.56 Å². The molecule has 0 spiro atoms. The van der Waals surface area contributed by atoms with Gasteiger partial charge < -0.3 is 15.2 Å². The average molecular weight is 307 g/mol. The van der Waals surface area contributed by atoms with Crippen molar-refractivity contribution in [3.8, 4) is 0 Å². The molecule has 1 aromatic carbocycles. The van der Waals surface area contributed by atoms with Crippen molar-refractivity contribution in [2.75, 3.05) is 19.8 Å². The van der Waals surface area contributed by atoms with Crippen LogP contribution in [0.25, 0.3) is 0 Å². The monoisotopic (exact) mass is 307 g/mol. The molecule has 22 heavy (non-hydrogen) atoms. The number of carbonyl (C=O) groups is 2. The zero-order valence-electron chi connectivity index (χ0n) is 13.5. The number of carboxylic acid groups (broad SMARTS) is 1. The Kier molecular flexibility index (Phi) is 7.60. The van der Waals surface area contributed by atoms with Crippen LogP contribution in [0.5, 0.6) is 0 Å². The third kappa shape index (κ3) is 6.72. The van der Waals surface area contributed by atoms with Gasteiger partial charge in [-0.1, -0.05) is 45.0 Å². The van der Waals surface area contributed by atoms with Crippen LogP contribution < -0.4 is 5.32 Å². The highest BCUT2D eigenvalue weighted by Crippen LogP contribution is 2.22. The third-order valence-corrected chi connectivity index (χ3v) is 3.46. The second-order valence-corrected chi connectivity index (χ2v) is 5.72. The zero-order valence-corrected chi connectivity index (χ0v) is 13.5. The molecule has 1 amide bonds. The Bertz CT molecular complexity index is 482. The molecule has 0 aliphatic rings. The van der Waals surface area contributed by atoms with Gasteiger partial charge in [-0.2, -0.15) is 0 Å². The first kappa shape index (κ1) is 18.2. The van der Waals surface area contributed by atoms with E-state index < -0.39 is 5.97 Å². The Morgan fingerprint density at radius 2 is 1.73 bits per heavy atom. The Morgan fingerprint density at radius 3 is 2.27 bits per heavy atom. The Hall–Kier alpha value is -1.88. The number of benzene rings is 1. The van der Waals surface area contributed by atoms with E-state index in [1.807, 2.05) is 6.92 Å². The summed E-state index contributed by atoms with van der Waals surface area (Å²) in [7, 11) is 0. The number of aliphatic carboxylic acids is 1. The SMILES string of the molecule is CC(C)c1ccc(C(C)CC(=O)NCCOCC(=O)O)cc1. The normalized spacial score (nSPS) is 12.2. The van der Waals surface area contributed by atoms with Gasteiger partial charge in [-0.05, 0) is 23.0 Å². The average Bonchev–Trinajstić information content (AvgIpc) is 2.46. The van der Waals surface area contributed by atoms with Crippen molar-refractivity contribution in [3.05, 3.63) is 35.4 Å². The van der Waals surface area contributed by atoms with E-state index in [2.05, 4.69) is 43.4 Å². The van der Waals surface area contributed by atoms with Gasteiger partial charge >= 0.3 is 5.97 Å². The van der Waals surface area contributed by atoms with Crippen LogP contribution in [0.2, 0.25) is 0 Å². The summed E-state index contributed by atoms with van der Waals surface area (Å²) >= 11 is 0. The van der Waals surface area contributed by atoms with Gasteiger partial charge in [-0.25, -0.2) is 4.79 Å². The second kappa shape index (κ2) is 9.20. The van der Waals surface area contributed by atoms with Crippen LogP contribution in [0.4, 0.5) is 0 Å². The molecule has 122 valence electrons. The molecule has 0 bridgehead atoms. The van der Waals surface area contributed by atoms with Crippen molar-refractivity contribution in [1.82, 2.24) is 5.32 Å². The van der Waals surface area contributed by atoms with Gasteiger partial charge in [0.2, 0.25) is 5.91 Å². The smallest absolute Gasteiger partial charge is 0.329 e. The molecule has 0 saturated heterocycles. The minimum absolute atomic E-state index is 0.0561. The molecule has 1 unspecified atom stereocenters. The molecule has 1 aromatic rings. The summed E-state index contributed by atoms with van der Waals surface area (Å²) in [4.78, 5) is 22.1. The molecule has 0 heterocycles. The maximum atomic E-state index is 11.8. The van der Waals surface area contributed by atoms with Gasteiger partial charge in [0, 0.05) is 13.0 Å². The predicted molar refractivity (Wildman–Crippen MR) is 85.0 cm³/mol. The Balaban J connectivity index is 2.32. The predicted octanol–water partition coefficient (Wildman–Crippen LogP) is 2.52. The lowest BCUT2D eigenvalue weighted by Crippen LogP contribution is -2.28. The van der Waals surface area contributed by atoms with Crippen molar-refractivity contribution < 1.29 is 19.4 Å². The Morgan fingerprint density at radius 1 is 1.14 bits per heavy atom. The van der Waals surface area contributed by atoms with E-state index >= 15 is 0 Å². The van der Waals surface area contributed by atoms with E-state index in [4.69, 9.17) is 9.84 Å². The molecule has 0 radical (unpaired) electrons. The summed E-state index contributed by atoms with van der Waals surface area (Å²) in [6, 6.07) is 8.36. The maximum absolute atomic E-state index is 11.8. The third-order valence-electron chi connectivity index (χ3n) is 3.46. The lowest BCUT2D eigenvalue weighted by Gasteiger charge is -2.13. The van der Waals surface area contributed by atoms with Gasteiger partial charge in [0.15, 0.2) is 0 Å². The molecule has 0 fully saturated rings. The fourth-order valence-corrected chi connectivity index (χ4v) is 2.10. The number of hydrogen-bond acceptors (Lipinski definition) is 3. The number of carboxylic acids is 1. The first-order valence-electron chi connectivity index (χ1n) is 7.56. The van der Waals surface area contributed by atoms with Crippen LogP contribution in [0.15, 0.2) is 24.3 Å². The molecular weight excluding hydrogens is 282 g/mol. The van der Waals surface area contributed by atoms with Crippen molar-refractivity contribution >= 4 is 11.9 Å². The molecule has 5 nitrogen and oxygen atoms in total. The van der Waals surface area contributed by atoms with Gasteiger partial charge in [0.1, 0.15) is 6.61 Å². The maximum Gasteiger partial charge on any atom is 0.329 e. The van der Waals surface area contributed by atoms with Crippen LogP contribution in [0, 0.1) is 0 Å². The van der Waals surface area contributed by atoms with Gasteiger partial charge in [0.05, 0.1) is 6.61 Å². The van der Waals surface area contributed by atoms with Crippen molar-refractivity contribution in [3.63, 3.8) is 0 Å². The fourth-order valence-electron chi connectivity index (χ4n) is 2.10. The highest BCUT2D eigenvalue weighted by atomic mass is 16.5. The van der Waals surface area contributed by atoms with Gasteiger partial charge in [-0.3, -0.25) is 4.79 Å². The molecule has 0 aliphatic heterocycles. The minimum Gasteiger partial charge on any atom is -0.480 e. The van der Waals surface area contributed by atoms with Crippen LogP contribution in [-0.4, -0.2) is 36.7 Å². The van der Waals surface area contributed by atoms with Gasteiger partial charge in [0.25, 0.3) is 0 Å². The largest absolute Gasteiger partial charge is 0.480 e. The summed E-state index contributed by atoms with van der Waals surface area (Å²) in [5, 5.41) is 11.1. The van der Waals surface area contributed by atoms with Crippen molar-refractivity contribution in [1.29, 1.82) is 0 Å². The van der Waals surface area contributed by atoms with E-state index in [1.165, 1.54) is 5.56 Å². The summed E-state index contributed by atoms with van der Waals surface area (Å²) in [5.41, 5.74) is 2.43. The number of ether oxygens (including phenoxy) is 1. The summed E-state index contributed by atoms with van der Waals surface area (Å²) < 4.78 is 4.86. The highest BCUT2D eigenvalue weighted by Gasteiger charge is 2.11. The van der Waals surface area contributed by atoms with Crippen LogP contribution in [0.3, 0.4) is 0 Å². The number of carbonyl (C=O) groups excluding carboxylic acids is 1. The molecule has 0 saturated carbocycles. The molecular formula is C17H25NO4. The molecule has 0 aliphatic carbocycles. The lowest BCUT2D eigenvalue weighted by atomic mass is 9.94. The minimum atomic E-state index is -1.01. The number of amides is 1. The summed E-state index contributed by atoms with van der Waals surface area (Å²) in [6.45, 7) is 6.51. The molecule has 1 rings (SSSR count). The van der Waals surface area contributed by atoms with E-state index in [-0.39, 0.29) is 25.0 Å². The molecule has 2 N–H and O–H groups in total. The first-order chi connectivity index (χ1) is 10.4. The first-order valence-corrected chi connectivity index (χ1v) is 7.56. The topological polar surface area (TPSA) is 75.6 Å². The quantitative estimate of drug-likeness (QED) is 0.687. The van der Waals surface area contributed by atoms with Crippen LogP contribution in [0.1, 0.15) is 50.2 Å². The lowest BCUT2D eigenvalue weighted by molar-refractivity contribution is -0.142. The highest BCUT2D eigenvalue weighted by molar-refractivity contribution is 5.76. The molecule has 0 aromatic heterocycles. The summed E-state index contributed by atoms with van der Waals surface area (Å²) in [5.74, 6) is -0.427. The fraction of sp³-hybridized carbons (Fsp3) is 0.529. The zero-order chi connectivity index (χ0) is 16.5. The van der Waals surface area contributed by atoms with Crippen molar-refractivity contribution in [2.24, 2.45) is 0 Å². The van der Waals surface area contributed by atoms with E-state index in [0.29, 0.717) is 18.9 Å². The number of nitrogens with one attached hydrogen (secondary N) is 1.